The minimum absolute atomic E-state index is 0.0669. The minimum Gasteiger partial charge on any atom is -0.481 e. The normalized spacial score (nSPS) is 19.2. The van der Waals surface area contributed by atoms with Crippen molar-refractivity contribution < 1.29 is 28.2 Å². The molecule has 0 fully saturated rings. The topological polar surface area (TPSA) is 82.2 Å². The number of carboxylic acids is 1. The van der Waals surface area contributed by atoms with Crippen molar-refractivity contribution in [1.82, 2.24) is 0 Å². The van der Waals surface area contributed by atoms with Gasteiger partial charge >= 0.3 is 17.8 Å². The molecule has 0 amide bonds. The van der Waals surface area contributed by atoms with Gasteiger partial charge in [0.2, 0.25) is 0 Å². The molecule has 2 unspecified atom stereocenters. The molecule has 1 heterocycles. The third-order valence-electron chi connectivity index (χ3n) is 6.23. The van der Waals surface area contributed by atoms with Crippen LogP contribution in [0.3, 0.4) is 0 Å². The molecule has 1 aliphatic heterocycles. The molecule has 0 bridgehead atoms. The summed E-state index contributed by atoms with van der Waals surface area (Å²) in [5.41, 5.74) is -3.10. The lowest BCUT2D eigenvalue weighted by atomic mass is 9.63. The van der Waals surface area contributed by atoms with Gasteiger partial charge in [-0.15, -0.1) is 22.6 Å². The second-order valence-corrected chi connectivity index (χ2v) is 9.20. The number of terminal acetylenes is 1. The SMILES string of the molecule is C#CC(C)(C)CC(C)(CC)[C@@H](C(=O)O)C(O)CCc1ccc(C2(C(F)(F)F)N=N2)cc1. The zero-order chi connectivity index (χ0) is 23.7. The summed E-state index contributed by atoms with van der Waals surface area (Å²) in [7, 11) is 0. The molecule has 1 aromatic carbocycles. The van der Waals surface area contributed by atoms with E-state index in [1.807, 2.05) is 27.7 Å². The standard InChI is InChI=1S/C23H29F3N2O3/c1-6-20(3,4)14-21(5,7-2)18(19(30)31)17(29)13-10-15-8-11-16(12-9-15)22(27-28-22)23(24,25)26/h1,8-9,11-12,17-18,29H,7,10,13-14H2,2-5H3,(H,30,31)/t17?,18-,21?/m1/s1. The number of rotatable bonds is 10. The van der Waals surface area contributed by atoms with Crippen molar-refractivity contribution in [3.8, 4) is 12.3 Å². The fraction of sp³-hybridized carbons (Fsp3) is 0.609. The first kappa shape index (κ1) is 24.9. The van der Waals surface area contributed by atoms with E-state index < -0.39 is 40.7 Å². The van der Waals surface area contributed by atoms with Crippen LogP contribution in [-0.2, 0) is 16.9 Å². The number of aliphatic carboxylic acids is 1. The van der Waals surface area contributed by atoms with E-state index >= 15 is 0 Å². The Hall–Kier alpha value is -2.40. The predicted molar refractivity (Wildman–Crippen MR) is 110 cm³/mol. The zero-order valence-corrected chi connectivity index (χ0v) is 18.2. The van der Waals surface area contributed by atoms with Gasteiger partial charge in [-0.2, -0.15) is 13.2 Å². The van der Waals surface area contributed by atoms with Gasteiger partial charge in [-0.1, -0.05) is 38.1 Å². The Balaban J connectivity index is 2.11. The number of carbonyl (C=O) groups is 1. The third-order valence-corrected chi connectivity index (χ3v) is 6.23. The van der Waals surface area contributed by atoms with Gasteiger partial charge in [0.05, 0.1) is 12.0 Å². The predicted octanol–water partition coefficient (Wildman–Crippen LogP) is 5.33. The molecule has 2 N–H and O–H groups in total. The molecule has 8 heteroatoms. The van der Waals surface area contributed by atoms with E-state index in [0.29, 0.717) is 24.8 Å². The van der Waals surface area contributed by atoms with Gasteiger partial charge in [-0.05, 0) is 50.5 Å². The second-order valence-electron chi connectivity index (χ2n) is 9.20. The van der Waals surface area contributed by atoms with Gasteiger partial charge in [-0.3, -0.25) is 4.79 Å². The number of nitrogens with zero attached hydrogens (tertiary/aromatic N) is 2. The maximum absolute atomic E-state index is 13.1. The van der Waals surface area contributed by atoms with E-state index in [1.54, 1.807) is 0 Å². The van der Waals surface area contributed by atoms with Crippen LogP contribution < -0.4 is 0 Å². The quantitative estimate of drug-likeness (QED) is 0.485. The summed E-state index contributed by atoms with van der Waals surface area (Å²) < 4.78 is 39.3. The summed E-state index contributed by atoms with van der Waals surface area (Å²) in [4.78, 5) is 12.0. The monoisotopic (exact) mass is 438 g/mol. The van der Waals surface area contributed by atoms with Gasteiger partial charge in [0.1, 0.15) is 0 Å². The fourth-order valence-electron chi connectivity index (χ4n) is 4.27. The highest BCUT2D eigenvalue weighted by atomic mass is 19.4. The van der Waals surface area contributed by atoms with E-state index in [4.69, 9.17) is 6.42 Å². The molecule has 0 radical (unpaired) electrons. The van der Waals surface area contributed by atoms with Crippen LogP contribution in [0.25, 0.3) is 0 Å². The van der Waals surface area contributed by atoms with Gasteiger partial charge in [0.15, 0.2) is 0 Å². The summed E-state index contributed by atoms with van der Waals surface area (Å²) in [6.07, 6.45) is 1.29. The Morgan fingerprint density at radius 1 is 1.19 bits per heavy atom. The Morgan fingerprint density at radius 3 is 2.13 bits per heavy atom. The largest absolute Gasteiger partial charge is 0.481 e. The fourth-order valence-corrected chi connectivity index (χ4v) is 4.27. The lowest BCUT2D eigenvalue weighted by Crippen LogP contribution is -2.43. The molecule has 3 atom stereocenters. The summed E-state index contributed by atoms with van der Waals surface area (Å²) in [6.45, 7) is 7.42. The van der Waals surface area contributed by atoms with Crippen molar-refractivity contribution in [3.05, 3.63) is 35.4 Å². The number of hydrogen-bond donors (Lipinski definition) is 2. The van der Waals surface area contributed by atoms with Crippen molar-refractivity contribution in [3.63, 3.8) is 0 Å². The van der Waals surface area contributed by atoms with Crippen LogP contribution in [0, 0.1) is 29.1 Å². The highest BCUT2D eigenvalue weighted by Gasteiger charge is 2.65. The van der Waals surface area contributed by atoms with Crippen LogP contribution in [0.1, 0.15) is 58.1 Å². The van der Waals surface area contributed by atoms with E-state index in [1.165, 1.54) is 24.3 Å². The number of halogens is 3. The smallest absolute Gasteiger partial charge is 0.442 e. The van der Waals surface area contributed by atoms with Crippen LogP contribution in [0.15, 0.2) is 34.5 Å². The summed E-state index contributed by atoms with van der Waals surface area (Å²) in [5.74, 6) is 0.566. The van der Waals surface area contributed by atoms with Crippen LogP contribution in [0.5, 0.6) is 0 Å². The first-order chi connectivity index (χ1) is 14.2. The van der Waals surface area contributed by atoms with Crippen molar-refractivity contribution in [2.75, 3.05) is 0 Å². The first-order valence-electron chi connectivity index (χ1n) is 10.2. The summed E-state index contributed by atoms with van der Waals surface area (Å²) in [6, 6.07) is 5.68. The molecule has 1 aliphatic rings. The number of carboxylic acid groups (broad SMARTS) is 1. The Bertz CT molecular complexity index is 866. The molecule has 170 valence electrons. The summed E-state index contributed by atoms with van der Waals surface area (Å²) >= 11 is 0. The van der Waals surface area contributed by atoms with Gasteiger partial charge in [0, 0.05) is 11.0 Å². The zero-order valence-electron chi connectivity index (χ0n) is 18.2. The van der Waals surface area contributed by atoms with Gasteiger partial charge in [0.25, 0.3) is 0 Å². The highest BCUT2D eigenvalue weighted by molar-refractivity contribution is 5.71. The minimum atomic E-state index is -4.59. The number of aliphatic hydroxyl groups excluding tert-OH is 1. The molecular weight excluding hydrogens is 409 g/mol. The Kier molecular flexibility index (Phi) is 6.91. The van der Waals surface area contributed by atoms with Crippen LogP contribution >= 0.6 is 0 Å². The number of hydrogen-bond acceptors (Lipinski definition) is 4. The summed E-state index contributed by atoms with van der Waals surface area (Å²) in [5, 5.41) is 27.0. The lowest BCUT2D eigenvalue weighted by Gasteiger charge is -2.41. The van der Waals surface area contributed by atoms with Gasteiger partial charge < -0.3 is 10.2 Å². The Labute approximate surface area is 180 Å². The number of aliphatic hydroxyl groups is 1. The number of benzene rings is 1. The van der Waals surface area contributed by atoms with E-state index in [-0.39, 0.29) is 12.0 Å². The van der Waals surface area contributed by atoms with Crippen LogP contribution in [-0.4, -0.2) is 28.5 Å². The average molecular weight is 438 g/mol. The molecular formula is C23H29F3N2O3. The molecule has 0 spiro atoms. The molecule has 0 saturated carbocycles. The van der Waals surface area contributed by atoms with E-state index in [0.717, 1.165) is 0 Å². The van der Waals surface area contributed by atoms with Gasteiger partial charge in [-0.25, -0.2) is 0 Å². The van der Waals surface area contributed by atoms with Crippen molar-refractivity contribution >= 4 is 5.97 Å². The lowest BCUT2D eigenvalue weighted by molar-refractivity contribution is -0.166. The van der Waals surface area contributed by atoms with Crippen LogP contribution in [0.4, 0.5) is 13.2 Å². The van der Waals surface area contributed by atoms with Crippen LogP contribution in [0.2, 0.25) is 0 Å². The molecule has 0 aromatic heterocycles. The second kappa shape index (κ2) is 8.62. The number of alkyl halides is 3. The molecule has 2 rings (SSSR count). The molecule has 5 nitrogen and oxygen atoms in total. The molecule has 0 saturated heterocycles. The van der Waals surface area contributed by atoms with E-state index in [2.05, 4.69) is 16.1 Å². The average Bonchev–Trinajstić information content (AvgIpc) is 3.48. The van der Waals surface area contributed by atoms with Crippen molar-refractivity contribution in [2.45, 2.75) is 71.3 Å². The third kappa shape index (κ3) is 5.27. The molecule has 1 aromatic rings. The maximum Gasteiger partial charge on any atom is 0.442 e. The van der Waals surface area contributed by atoms with Crippen molar-refractivity contribution in [2.24, 2.45) is 27.0 Å². The highest BCUT2D eigenvalue weighted by Crippen LogP contribution is 2.52. The Morgan fingerprint density at radius 2 is 1.74 bits per heavy atom. The number of aryl methyl sites for hydroxylation is 1. The van der Waals surface area contributed by atoms with Crippen molar-refractivity contribution in [1.29, 1.82) is 0 Å². The first-order valence-corrected chi connectivity index (χ1v) is 10.2. The van der Waals surface area contributed by atoms with E-state index in [9.17, 15) is 28.2 Å². The molecule has 31 heavy (non-hydrogen) atoms. The maximum atomic E-state index is 13.1. The molecule has 0 aliphatic carbocycles.